The molecule has 2 nitrogen and oxygen atoms in total. The highest BCUT2D eigenvalue weighted by Gasteiger charge is 2.18. The lowest BCUT2D eigenvalue weighted by molar-refractivity contribution is 0.591. The SMILES string of the molecule is CC1=CCN(c2cccc(F)c2C(C)N)CC1. The predicted molar refractivity (Wildman–Crippen MR) is 69.6 cm³/mol. The van der Waals surface area contributed by atoms with Gasteiger partial charge in [0.1, 0.15) is 5.82 Å². The van der Waals surface area contributed by atoms with Crippen molar-refractivity contribution in [1.29, 1.82) is 0 Å². The van der Waals surface area contributed by atoms with Gasteiger partial charge < -0.3 is 10.6 Å². The number of nitrogens with two attached hydrogens (primary N) is 1. The molecule has 1 aromatic rings. The van der Waals surface area contributed by atoms with Crippen molar-refractivity contribution in [3.05, 3.63) is 41.2 Å². The third-order valence-corrected chi connectivity index (χ3v) is 3.26. The lowest BCUT2D eigenvalue weighted by atomic mass is 10.0. The zero-order valence-electron chi connectivity index (χ0n) is 10.4. The van der Waals surface area contributed by atoms with Gasteiger partial charge in [-0.25, -0.2) is 4.39 Å². The fraction of sp³-hybridized carbons (Fsp3) is 0.429. The van der Waals surface area contributed by atoms with Gasteiger partial charge in [0.2, 0.25) is 0 Å². The van der Waals surface area contributed by atoms with Crippen LogP contribution in [-0.2, 0) is 0 Å². The van der Waals surface area contributed by atoms with Gasteiger partial charge in [-0.3, -0.25) is 0 Å². The van der Waals surface area contributed by atoms with Crippen molar-refractivity contribution >= 4 is 5.69 Å². The number of halogens is 1. The fourth-order valence-corrected chi connectivity index (χ4v) is 2.24. The average Bonchev–Trinajstić information content (AvgIpc) is 2.29. The maximum Gasteiger partial charge on any atom is 0.130 e. The van der Waals surface area contributed by atoms with E-state index in [4.69, 9.17) is 5.73 Å². The lowest BCUT2D eigenvalue weighted by Crippen LogP contribution is -2.30. The van der Waals surface area contributed by atoms with E-state index in [2.05, 4.69) is 17.9 Å². The smallest absolute Gasteiger partial charge is 0.130 e. The molecular weight excluding hydrogens is 215 g/mol. The monoisotopic (exact) mass is 234 g/mol. The summed E-state index contributed by atoms with van der Waals surface area (Å²) in [6, 6.07) is 4.91. The van der Waals surface area contributed by atoms with Crippen LogP contribution in [0.2, 0.25) is 0 Å². The van der Waals surface area contributed by atoms with E-state index in [0.29, 0.717) is 5.56 Å². The van der Waals surface area contributed by atoms with Crippen LogP contribution in [0, 0.1) is 5.82 Å². The molecule has 2 N–H and O–H groups in total. The van der Waals surface area contributed by atoms with Gasteiger partial charge in [-0.1, -0.05) is 17.7 Å². The van der Waals surface area contributed by atoms with Crippen molar-refractivity contribution in [1.82, 2.24) is 0 Å². The Bertz CT molecular complexity index is 438. The van der Waals surface area contributed by atoms with E-state index < -0.39 is 0 Å². The molecule has 0 aliphatic carbocycles. The van der Waals surface area contributed by atoms with Crippen LogP contribution in [0.1, 0.15) is 31.9 Å². The first-order valence-corrected chi connectivity index (χ1v) is 6.04. The highest BCUT2D eigenvalue weighted by atomic mass is 19.1. The molecule has 1 heterocycles. The highest BCUT2D eigenvalue weighted by molar-refractivity contribution is 5.56. The second-order valence-corrected chi connectivity index (χ2v) is 4.71. The normalized spacial score (nSPS) is 17.9. The topological polar surface area (TPSA) is 29.3 Å². The van der Waals surface area contributed by atoms with Crippen molar-refractivity contribution < 1.29 is 4.39 Å². The van der Waals surface area contributed by atoms with Crippen molar-refractivity contribution in [2.45, 2.75) is 26.3 Å². The minimum atomic E-state index is -0.279. The Morgan fingerprint density at radius 2 is 2.18 bits per heavy atom. The van der Waals surface area contributed by atoms with Gasteiger partial charge >= 0.3 is 0 Å². The number of hydrogen-bond acceptors (Lipinski definition) is 2. The van der Waals surface area contributed by atoms with Crippen LogP contribution in [0.25, 0.3) is 0 Å². The van der Waals surface area contributed by atoms with E-state index in [1.807, 2.05) is 13.0 Å². The average molecular weight is 234 g/mol. The Balaban J connectivity index is 2.35. The molecule has 0 saturated heterocycles. The van der Waals surface area contributed by atoms with Crippen LogP contribution in [0.5, 0.6) is 0 Å². The first kappa shape index (κ1) is 12.1. The Hall–Kier alpha value is -1.35. The Labute approximate surface area is 102 Å². The molecule has 1 atom stereocenters. The van der Waals surface area contributed by atoms with Crippen molar-refractivity contribution in [2.75, 3.05) is 18.0 Å². The van der Waals surface area contributed by atoms with Crippen LogP contribution in [0.4, 0.5) is 10.1 Å². The van der Waals surface area contributed by atoms with Crippen LogP contribution < -0.4 is 10.6 Å². The first-order valence-electron chi connectivity index (χ1n) is 6.04. The summed E-state index contributed by atoms with van der Waals surface area (Å²) >= 11 is 0. The van der Waals surface area contributed by atoms with E-state index in [1.54, 1.807) is 6.07 Å². The van der Waals surface area contributed by atoms with E-state index in [1.165, 1.54) is 11.6 Å². The van der Waals surface area contributed by atoms with Gasteiger partial charge in [-0.05, 0) is 32.4 Å². The molecule has 0 saturated carbocycles. The summed E-state index contributed by atoms with van der Waals surface area (Å²) in [7, 11) is 0. The number of anilines is 1. The van der Waals surface area contributed by atoms with Crippen LogP contribution >= 0.6 is 0 Å². The summed E-state index contributed by atoms with van der Waals surface area (Å²) in [5, 5.41) is 0. The first-order chi connectivity index (χ1) is 8.09. The fourth-order valence-electron chi connectivity index (χ4n) is 2.24. The summed E-state index contributed by atoms with van der Waals surface area (Å²) in [4.78, 5) is 2.19. The molecular formula is C14H19FN2. The van der Waals surface area contributed by atoms with Crippen LogP contribution in [-0.4, -0.2) is 13.1 Å². The summed E-state index contributed by atoms with van der Waals surface area (Å²) in [5.74, 6) is -0.205. The second kappa shape index (κ2) is 4.88. The lowest BCUT2D eigenvalue weighted by Gasteiger charge is -2.30. The summed E-state index contributed by atoms with van der Waals surface area (Å²) in [6.07, 6.45) is 3.23. The minimum Gasteiger partial charge on any atom is -0.367 e. The zero-order chi connectivity index (χ0) is 12.4. The molecule has 0 fully saturated rings. The van der Waals surface area contributed by atoms with Gasteiger partial charge in [0.05, 0.1) is 0 Å². The molecule has 0 bridgehead atoms. The van der Waals surface area contributed by atoms with Crippen LogP contribution in [0.15, 0.2) is 29.8 Å². The highest BCUT2D eigenvalue weighted by Crippen LogP contribution is 2.29. The molecule has 1 aromatic carbocycles. The maximum atomic E-state index is 13.8. The Morgan fingerprint density at radius 3 is 2.76 bits per heavy atom. The molecule has 0 amide bonds. The standard InChI is InChI=1S/C14H19FN2/c1-10-6-8-17(9-7-10)13-5-3-4-12(15)14(13)11(2)16/h3-6,11H,7-9,16H2,1-2H3. The molecule has 1 unspecified atom stereocenters. The largest absolute Gasteiger partial charge is 0.367 e. The third-order valence-electron chi connectivity index (χ3n) is 3.26. The van der Waals surface area contributed by atoms with E-state index in [9.17, 15) is 4.39 Å². The molecule has 3 heteroatoms. The quantitative estimate of drug-likeness (QED) is 0.797. The van der Waals surface area contributed by atoms with Crippen molar-refractivity contribution in [2.24, 2.45) is 5.73 Å². The predicted octanol–water partition coefficient (Wildman–Crippen LogP) is 3.00. The van der Waals surface area contributed by atoms with Crippen molar-refractivity contribution in [3.63, 3.8) is 0 Å². The van der Waals surface area contributed by atoms with Gasteiger partial charge in [0.15, 0.2) is 0 Å². The van der Waals surface area contributed by atoms with Crippen molar-refractivity contribution in [3.8, 4) is 0 Å². The van der Waals surface area contributed by atoms with Gasteiger partial charge in [-0.2, -0.15) is 0 Å². The molecule has 17 heavy (non-hydrogen) atoms. The summed E-state index contributed by atoms with van der Waals surface area (Å²) < 4.78 is 13.8. The molecule has 2 rings (SSSR count). The Morgan fingerprint density at radius 1 is 1.41 bits per heavy atom. The van der Waals surface area contributed by atoms with Gasteiger partial charge in [0, 0.05) is 30.4 Å². The molecule has 92 valence electrons. The molecule has 1 aliphatic rings. The van der Waals surface area contributed by atoms with Gasteiger partial charge in [-0.15, -0.1) is 0 Å². The summed E-state index contributed by atoms with van der Waals surface area (Å²) in [6.45, 7) is 5.74. The number of hydrogen-bond donors (Lipinski definition) is 1. The van der Waals surface area contributed by atoms with Gasteiger partial charge in [0.25, 0.3) is 0 Å². The number of rotatable bonds is 2. The van der Waals surface area contributed by atoms with E-state index >= 15 is 0 Å². The molecule has 1 aliphatic heterocycles. The second-order valence-electron chi connectivity index (χ2n) is 4.71. The van der Waals surface area contributed by atoms with E-state index in [0.717, 1.165) is 25.2 Å². The van der Waals surface area contributed by atoms with E-state index in [-0.39, 0.29) is 11.9 Å². The minimum absolute atomic E-state index is 0.205. The molecule has 0 radical (unpaired) electrons. The maximum absolute atomic E-state index is 13.8. The molecule has 0 aromatic heterocycles. The zero-order valence-corrected chi connectivity index (χ0v) is 10.4. The Kier molecular flexibility index (Phi) is 3.48. The van der Waals surface area contributed by atoms with Crippen LogP contribution in [0.3, 0.4) is 0 Å². The number of benzene rings is 1. The third kappa shape index (κ3) is 2.50. The molecule has 0 spiro atoms. The number of nitrogens with zero attached hydrogens (tertiary/aromatic N) is 1. The summed E-state index contributed by atoms with van der Waals surface area (Å²) in [5.41, 5.74) is 8.83.